The van der Waals surface area contributed by atoms with E-state index in [0.717, 1.165) is 5.92 Å². The van der Waals surface area contributed by atoms with Crippen LogP contribution in [0.1, 0.15) is 49.8 Å². The Labute approximate surface area is 123 Å². The molecule has 0 radical (unpaired) electrons. The number of rotatable bonds is 5. The minimum atomic E-state index is 0.682. The first-order chi connectivity index (χ1) is 9.88. The van der Waals surface area contributed by atoms with E-state index >= 15 is 0 Å². The minimum Gasteiger partial charge on any atom is -0.317 e. The molecule has 1 atom stereocenters. The largest absolute Gasteiger partial charge is 0.317 e. The lowest BCUT2D eigenvalue weighted by atomic mass is 9.96. The van der Waals surface area contributed by atoms with Gasteiger partial charge in [0.15, 0.2) is 0 Å². The Balaban J connectivity index is 1.70. The van der Waals surface area contributed by atoms with Crippen molar-refractivity contribution in [2.24, 2.45) is 5.92 Å². The Hall–Kier alpha value is -0.860. The minimum absolute atomic E-state index is 0.682. The highest BCUT2D eigenvalue weighted by molar-refractivity contribution is 5.34. The van der Waals surface area contributed by atoms with E-state index in [2.05, 4.69) is 41.4 Å². The second-order valence-corrected chi connectivity index (χ2v) is 6.44. The van der Waals surface area contributed by atoms with E-state index in [1.165, 1.54) is 58.3 Å². The van der Waals surface area contributed by atoms with E-state index in [1.54, 1.807) is 11.1 Å². The number of hydrogen-bond acceptors (Lipinski definition) is 2. The first kappa shape index (κ1) is 14.1. The molecule has 110 valence electrons. The summed E-state index contributed by atoms with van der Waals surface area (Å²) in [6.07, 6.45) is 6.57. The molecule has 2 heteroatoms. The standard InChI is InChI=1S/C18H28N2/c1-2-13-20(14-15-9-11-19-12-10-15)18-8-7-16-5-3-4-6-17(16)18/h3-6,15,18-19H,2,7-14H2,1H3. The fourth-order valence-corrected chi connectivity index (χ4v) is 3.97. The number of hydrogen-bond donors (Lipinski definition) is 1. The predicted octanol–water partition coefficient (Wildman–Crippen LogP) is 3.39. The van der Waals surface area contributed by atoms with Gasteiger partial charge in [-0.25, -0.2) is 0 Å². The molecule has 1 aromatic carbocycles. The summed E-state index contributed by atoms with van der Waals surface area (Å²) in [5.74, 6) is 0.899. The van der Waals surface area contributed by atoms with E-state index in [0.29, 0.717) is 6.04 Å². The van der Waals surface area contributed by atoms with Crippen LogP contribution in [0.15, 0.2) is 24.3 Å². The zero-order valence-electron chi connectivity index (χ0n) is 12.8. The van der Waals surface area contributed by atoms with Crippen LogP contribution in [-0.4, -0.2) is 31.1 Å². The van der Waals surface area contributed by atoms with Gasteiger partial charge in [0.05, 0.1) is 0 Å². The summed E-state index contributed by atoms with van der Waals surface area (Å²) >= 11 is 0. The molecule has 0 bridgehead atoms. The zero-order chi connectivity index (χ0) is 13.8. The van der Waals surface area contributed by atoms with Crippen LogP contribution in [0, 0.1) is 5.92 Å². The fourth-order valence-electron chi connectivity index (χ4n) is 3.97. The van der Waals surface area contributed by atoms with E-state index in [-0.39, 0.29) is 0 Å². The molecule has 3 rings (SSSR count). The van der Waals surface area contributed by atoms with Crippen molar-refractivity contribution in [3.8, 4) is 0 Å². The van der Waals surface area contributed by atoms with Gasteiger partial charge in [-0.3, -0.25) is 4.90 Å². The number of benzene rings is 1. The normalized spacial score (nSPS) is 23.2. The maximum atomic E-state index is 3.49. The second kappa shape index (κ2) is 6.73. The molecule has 1 saturated heterocycles. The highest BCUT2D eigenvalue weighted by atomic mass is 15.2. The third kappa shape index (κ3) is 3.07. The molecule has 1 aliphatic carbocycles. The summed E-state index contributed by atoms with van der Waals surface area (Å²) in [7, 11) is 0. The van der Waals surface area contributed by atoms with Gasteiger partial charge in [0, 0.05) is 12.6 Å². The summed E-state index contributed by atoms with van der Waals surface area (Å²) < 4.78 is 0. The van der Waals surface area contributed by atoms with Crippen molar-refractivity contribution >= 4 is 0 Å². The molecular formula is C18H28N2. The van der Waals surface area contributed by atoms with Gasteiger partial charge in [0.2, 0.25) is 0 Å². The van der Waals surface area contributed by atoms with Crippen molar-refractivity contribution in [1.82, 2.24) is 10.2 Å². The Morgan fingerprint density at radius 1 is 1.15 bits per heavy atom. The van der Waals surface area contributed by atoms with Crippen LogP contribution in [-0.2, 0) is 6.42 Å². The van der Waals surface area contributed by atoms with Gasteiger partial charge in [0.1, 0.15) is 0 Å². The summed E-state index contributed by atoms with van der Waals surface area (Å²) in [4.78, 5) is 2.78. The summed E-state index contributed by atoms with van der Waals surface area (Å²) in [5.41, 5.74) is 3.19. The van der Waals surface area contributed by atoms with Gasteiger partial charge in [-0.2, -0.15) is 0 Å². The van der Waals surface area contributed by atoms with Crippen LogP contribution in [0.5, 0.6) is 0 Å². The van der Waals surface area contributed by atoms with Gasteiger partial charge in [-0.1, -0.05) is 31.2 Å². The van der Waals surface area contributed by atoms with Crippen LogP contribution in [0.3, 0.4) is 0 Å². The number of nitrogens with one attached hydrogen (secondary N) is 1. The number of aryl methyl sites for hydroxylation is 1. The van der Waals surface area contributed by atoms with Crippen molar-refractivity contribution in [2.45, 2.75) is 45.1 Å². The highest BCUT2D eigenvalue weighted by Gasteiger charge is 2.28. The van der Waals surface area contributed by atoms with Crippen LogP contribution < -0.4 is 5.32 Å². The smallest absolute Gasteiger partial charge is 0.0354 e. The Morgan fingerprint density at radius 3 is 2.75 bits per heavy atom. The van der Waals surface area contributed by atoms with E-state index < -0.39 is 0 Å². The van der Waals surface area contributed by atoms with Crippen molar-refractivity contribution < 1.29 is 0 Å². The first-order valence-corrected chi connectivity index (χ1v) is 8.41. The molecule has 1 aliphatic heterocycles. The predicted molar refractivity (Wildman–Crippen MR) is 85.0 cm³/mol. The lowest BCUT2D eigenvalue weighted by molar-refractivity contribution is 0.151. The maximum absolute atomic E-state index is 3.49. The SMILES string of the molecule is CCCN(CC1CCNCC1)C1CCc2ccccc21. The van der Waals surface area contributed by atoms with Crippen LogP contribution in [0.4, 0.5) is 0 Å². The van der Waals surface area contributed by atoms with Crippen molar-refractivity contribution in [1.29, 1.82) is 0 Å². The average molecular weight is 272 g/mol. The lowest BCUT2D eigenvalue weighted by Gasteiger charge is -2.34. The third-order valence-corrected chi connectivity index (χ3v) is 5.00. The molecule has 0 amide bonds. The van der Waals surface area contributed by atoms with Crippen molar-refractivity contribution in [3.63, 3.8) is 0 Å². The molecular weight excluding hydrogens is 244 g/mol. The van der Waals surface area contributed by atoms with Crippen LogP contribution >= 0.6 is 0 Å². The molecule has 0 saturated carbocycles. The molecule has 20 heavy (non-hydrogen) atoms. The van der Waals surface area contributed by atoms with Gasteiger partial charge in [-0.05, 0) is 68.8 Å². The number of piperidine rings is 1. The topological polar surface area (TPSA) is 15.3 Å². The molecule has 0 aromatic heterocycles. The molecule has 1 unspecified atom stereocenters. The van der Waals surface area contributed by atoms with Gasteiger partial charge < -0.3 is 5.32 Å². The quantitative estimate of drug-likeness (QED) is 0.884. The van der Waals surface area contributed by atoms with Gasteiger partial charge in [0.25, 0.3) is 0 Å². The van der Waals surface area contributed by atoms with E-state index in [9.17, 15) is 0 Å². The van der Waals surface area contributed by atoms with E-state index in [4.69, 9.17) is 0 Å². The average Bonchev–Trinajstić information content (AvgIpc) is 2.92. The molecule has 0 spiro atoms. The van der Waals surface area contributed by atoms with Gasteiger partial charge in [-0.15, -0.1) is 0 Å². The molecule has 1 fully saturated rings. The third-order valence-electron chi connectivity index (χ3n) is 5.00. The van der Waals surface area contributed by atoms with E-state index in [1.807, 2.05) is 0 Å². The Kier molecular flexibility index (Phi) is 4.74. The summed E-state index contributed by atoms with van der Waals surface area (Å²) in [6.45, 7) is 7.30. The number of nitrogens with zero attached hydrogens (tertiary/aromatic N) is 1. The lowest BCUT2D eigenvalue weighted by Crippen LogP contribution is -2.38. The Bertz CT molecular complexity index is 423. The zero-order valence-corrected chi connectivity index (χ0v) is 12.8. The molecule has 1 aromatic rings. The van der Waals surface area contributed by atoms with Crippen molar-refractivity contribution in [2.75, 3.05) is 26.2 Å². The monoisotopic (exact) mass is 272 g/mol. The molecule has 2 nitrogen and oxygen atoms in total. The summed E-state index contributed by atoms with van der Waals surface area (Å²) in [6, 6.07) is 9.77. The Morgan fingerprint density at radius 2 is 1.95 bits per heavy atom. The highest BCUT2D eigenvalue weighted by Crippen LogP contribution is 2.36. The number of fused-ring (bicyclic) bond motifs is 1. The second-order valence-electron chi connectivity index (χ2n) is 6.44. The fraction of sp³-hybridized carbons (Fsp3) is 0.667. The molecule has 1 heterocycles. The summed E-state index contributed by atoms with van der Waals surface area (Å²) in [5, 5.41) is 3.49. The van der Waals surface area contributed by atoms with Crippen LogP contribution in [0.25, 0.3) is 0 Å². The van der Waals surface area contributed by atoms with Crippen LogP contribution in [0.2, 0.25) is 0 Å². The van der Waals surface area contributed by atoms with Gasteiger partial charge >= 0.3 is 0 Å². The van der Waals surface area contributed by atoms with Crippen molar-refractivity contribution in [3.05, 3.63) is 35.4 Å². The maximum Gasteiger partial charge on any atom is 0.0354 e. The first-order valence-electron chi connectivity index (χ1n) is 8.41. The molecule has 1 N–H and O–H groups in total. The molecule has 2 aliphatic rings.